The lowest BCUT2D eigenvalue weighted by Gasteiger charge is -2.25. The topological polar surface area (TPSA) is 64.3 Å². The summed E-state index contributed by atoms with van der Waals surface area (Å²) in [5, 5.41) is 19.0. The van der Waals surface area contributed by atoms with Crippen LogP contribution in [0.25, 0.3) is 0 Å². The number of anilines is 1. The number of carbonyl (C=O) groups excluding carboxylic acids is 1. The van der Waals surface area contributed by atoms with E-state index in [1.807, 2.05) is 6.07 Å². The third-order valence-electron chi connectivity index (χ3n) is 3.35. The summed E-state index contributed by atoms with van der Waals surface area (Å²) >= 11 is 6.09. The van der Waals surface area contributed by atoms with Gasteiger partial charge in [-0.25, -0.2) is 0 Å². The Kier molecular flexibility index (Phi) is 3.29. The highest BCUT2D eigenvalue weighted by Crippen LogP contribution is 2.34. The maximum Gasteiger partial charge on any atom is 0.230 e. The Balaban J connectivity index is 2.50. The summed E-state index contributed by atoms with van der Waals surface area (Å²) in [4.78, 5) is 13.4. The molecule has 94 valence electrons. The van der Waals surface area contributed by atoms with Gasteiger partial charge in [-0.05, 0) is 31.5 Å². The van der Waals surface area contributed by atoms with Gasteiger partial charge in [0.1, 0.15) is 6.07 Å². The molecule has 0 aromatic heterocycles. The van der Waals surface area contributed by atoms with E-state index in [4.69, 9.17) is 16.9 Å². The van der Waals surface area contributed by atoms with Crippen molar-refractivity contribution in [1.82, 2.24) is 0 Å². The second-order valence-corrected chi connectivity index (χ2v) is 4.84. The first-order valence-electron chi connectivity index (χ1n) is 5.66. The number of aliphatic hydroxyl groups excluding tert-OH is 1. The molecule has 1 N–H and O–H groups in total. The molecule has 1 fully saturated rings. The number of amides is 1. The molecule has 1 heterocycles. The molecule has 0 saturated carbocycles. The van der Waals surface area contributed by atoms with Crippen LogP contribution in [0.4, 0.5) is 5.69 Å². The molecule has 1 aliphatic heterocycles. The van der Waals surface area contributed by atoms with E-state index in [-0.39, 0.29) is 18.4 Å². The standard InChI is InChI=1S/C13H13ClN2O2/c1-7-10(4-3-9(6-15)13(7)14)16-8(2)11(17)5-12(16)18/h3-4,8,11,17H,5H2,1-2H3/t8-,11-/m0/s1. The summed E-state index contributed by atoms with van der Waals surface area (Å²) in [6, 6.07) is 5.02. The summed E-state index contributed by atoms with van der Waals surface area (Å²) in [6.07, 6.45) is -0.538. The number of halogens is 1. The first kappa shape index (κ1) is 12.9. The molecule has 0 radical (unpaired) electrons. The normalized spacial score (nSPS) is 23.3. The highest BCUT2D eigenvalue weighted by molar-refractivity contribution is 6.33. The fourth-order valence-corrected chi connectivity index (χ4v) is 2.43. The van der Waals surface area contributed by atoms with Gasteiger partial charge in [0.15, 0.2) is 0 Å². The van der Waals surface area contributed by atoms with Gasteiger partial charge >= 0.3 is 0 Å². The second kappa shape index (κ2) is 4.60. The Hall–Kier alpha value is -1.57. The maximum absolute atomic E-state index is 11.9. The third-order valence-corrected chi connectivity index (χ3v) is 3.84. The molecule has 1 saturated heterocycles. The van der Waals surface area contributed by atoms with E-state index in [2.05, 4.69) is 0 Å². The van der Waals surface area contributed by atoms with Crippen LogP contribution < -0.4 is 4.90 Å². The van der Waals surface area contributed by atoms with Crippen LogP contribution in [-0.2, 0) is 4.79 Å². The van der Waals surface area contributed by atoms with Crippen LogP contribution in [0.1, 0.15) is 24.5 Å². The first-order valence-corrected chi connectivity index (χ1v) is 6.04. The largest absolute Gasteiger partial charge is 0.390 e. The van der Waals surface area contributed by atoms with Crippen LogP contribution >= 0.6 is 11.6 Å². The van der Waals surface area contributed by atoms with Crippen molar-refractivity contribution in [2.24, 2.45) is 0 Å². The Labute approximate surface area is 110 Å². The van der Waals surface area contributed by atoms with Crippen molar-refractivity contribution in [2.75, 3.05) is 4.90 Å². The number of benzene rings is 1. The van der Waals surface area contributed by atoms with Gasteiger partial charge in [-0.1, -0.05) is 11.6 Å². The first-order chi connectivity index (χ1) is 8.47. The predicted molar refractivity (Wildman–Crippen MR) is 68.5 cm³/mol. The lowest BCUT2D eigenvalue weighted by atomic mass is 10.1. The minimum atomic E-state index is -0.661. The lowest BCUT2D eigenvalue weighted by Crippen LogP contribution is -2.35. The van der Waals surface area contributed by atoms with Crippen molar-refractivity contribution >= 4 is 23.2 Å². The minimum Gasteiger partial charge on any atom is -0.390 e. The molecule has 1 aromatic rings. The molecule has 4 nitrogen and oxygen atoms in total. The van der Waals surface area contributed by atoms with Crippen molar-refractivity contribution < 1.29 is 9.90 Å². The van der Waals surface area contributed by atoms with Gasteiger partial charge in [-0.2, -0.15) is 5.26 Å². The van der Waals surface area contributed by atoms with Crippen molar-refractivity contribution in [2.45, 2.75) is 32.4 Å². The zero-order chi connectivity index (χ0) is 13.4. The van der Waals surface area contributed by atoms with Crippen LogP contribution in [0.3, 0.4) is 0 Å². The number of nitriles is 1. The molecule has 1 amide bonds. The van der Waals surface area contributed by atoms with E-state index in [1.165, 1.54) is 0 Å². The molecule has 0 aliphatic carbocycles. The molecule has 0 spiro atoms. The third kappa shape index (κ3) is 1.86. The number of carbonyl (C=O) groups is 1. The smallest absolute Gasteiger partial charge is 0.230 e. The van der Waals surface area contributed by atoms with Gasteiger partial charge in [-0.15, -0.1) is 0 Å². The Morgan fingerprint density at radius 1 is 1.56 bits per heavy atom. The van der Waals surface area contributed by atoms with E-state index in [1.54, 1.807) is 30.9 Å². The molecule has 2 atom stereocenters. The highest BCUT2D eigenvalue weighted by atomic mass is 35.5. The molecule has 5 heteroatoms. The summed E-state index contributed by atoms with van der Waals surface area (Å²) in [7, 11) is 0. The van der Waals surface area contributed by atoms with Gasteiger partial charge in [-0.3, -0.25) is 4.79 Å². The summed E-state index contributed by atoms with van der Waals surface area (Å²) in [5.74, 6) is -0.126. The van der Waals surface area contributed by atoms with Gasteiger partial charge in [0.05, 0.1) is 29.2 Å². The fourth-order valence-electron chi connectivity index (χ4n) is 2.22. The number of rotatable bonds is 1. The van der Waals surface area contributed by atoms with Crippen molar-refractivity contribution in [3.8, 4) is 6.07 Å². The van der Waals surface area contributed by atoms with Crippen LogP contribution in [-0.4, -0.2) is 23.2 Å². The molecule has 18 heavy (non-hydrogen) atoms. The number of hydrogen-bond donors (Lipinski definition) is 1. The van der Waals surface area contributed by atoms with Gasteiger partial charge < -0.3 is 10.0 Å². The molecule has 0 bridgehead atoms. The van der Waals surface area contributed by atoms with E-state index >= 15 is 0 Å². The van der Waals surface area contributed by atoms with Crippen molar-refractivity contribution in [3.63, 3.8) is 0 Å². The molecular weight excluding hydrogens is 252 g/mol. The van der Waals surface area contributed by atoms with Crippen LogP contribution in [0, 0.1) is 18.3 Å². The average Bonchev–Trinajstić information content (AvgIpc) is 2.58. The van der Waals surface area contributed by atoms with Gasteiger partial charge in [0.25, 0.3) is 0 Å². The molecule has 1 aliphatic rings. The molecular formula is C13H13ClN2O2. The Bertz CT molecular complexity index is 551. The van der Waals surface area contributed by atoms with E-state index in [0.717, 1.165) is 0 Å². The molecule has 1 aromatic carbocycles. The number of hydrogen-bond acceptors (Lipinski definition) is 3. The quantitative estimate of drug-likeness (QED) is 0.844. The molecule has 0 unspecified atom stereocenters. The summed E-state index contributed by atoms with van der Waals surface area (Å²) < 4.78 is 0. The van der Waals surface area contributed by atoms with E-state index in [0.29, 0.717) is 21.8 Å². The Morgan fingerprint density at radius 3 is 2.72 bits per heavy atom. The predicted octanol–water partition coefficient (Wildman–Crippen LogP) is 2.01. The summed E-state index contributed by atoms with van der Waals surface area (Å²) in [5.41, 5.74) is 1.73. The van der Waals surface area contributed by atoms with Crippen LogP contribution in [0.2, 0.25) is 5.02 Å². The lowest BCUT2D eigenvalue weighted by molar-refractivity contribution is -0.117. The monoisotopic (exact) mass is 264 g/mol. The van der Waals surface area contributed by atoms with Gasteiger partial charge in [0.2, 0.25) is 5.91 Å². The van der Waals surface area contributed by atoms with E-state index in [9.17, 15) is 9.90 Å². The SMILES string of the molecule is Cc1c(N2C(=O)C[C@H](O)[C@@H]2C)ccc(C#N)c1Cl. The highest BCUT2D eigenvalue weighted by Gasteiger charge is 2.37. The van der Waals surface area contributed by atoms with Crippen molar-refractivity contribution in [1.29, 1.82) is 5.26 Å². The zero-order valence-corrected chi connectivity index (χ0v) is 10.9. The van der Waals surface area contributed by atoms with Crippen LogP contribution in [0.5, 0.6) is 0 Å². The maximum atomic E-state index is 11.9. The van der Waals surface area contributed by atoms with Crippen LogP contribution in [0.15, 0.2) is 12.1 Å². The average molecular weight is 265 g/mol. The number of aliphatic hydroxyl groups is 1. The second-order valence-electron chi connectivity index (χ2n) is 4.46. The Morgan fingerprint density at radius 2 is 2.22 bits per heavy atom. The molecule has 2 rings (SSSR count). The number of nitrogens with zero attached hydrogens (tertiary/aromatic N) is 2. The minimum absolute atomic E-state index is 0.123. The fraction of sp³-hybridized carbons (Fsp3) is 0.385. The van der Waals surface area contributed by atoms with E-state index < -0.39 is 6.10 Å². The van der Waals surface area contributed by atoms with Gasteiger partial charge in [0, 0.05) is 5.69 Å². The van der Waals surface area contributed by atoms with Crippen molar-refractivity contribution in [3.05, 3.63) is 28.3 Å². The zero-order valence-electron chi connectivity index (χ0n) is 10.1. The summed E-state index contributed by atoms with van der Waals surface area (Å²) in [6.45, 7) is 3.56.